The molecule has 1 aliphatic rings. The van der Waals surface area contributed by atoms with Gasteiger partial charge in [-0.05, 0) is 96.4 Å². The standard InChI is InChI=1S/C50H63N5O9Si/c1-49(2,3)64-46(59)25-23-34-27-36(24-22-35(34)31-63-65(7,8)50(4,5)6)54-44(57)30-52-47(60)42(26-33-16-10-9-11-17-33)55-45(58)29-51-43(56)28-53-48(61)62-32-41-39-20-14-12-18-37(39)38-19-13-15-21-40(38)41/h9-22,24,27,41-42H,23,25-26,28-32H2,1-8H3,(H,51,56)(H,52,60)(H,53,61)(H,54,57)(H,55,58)/t42-/m0/s1. The second-order valence-corrected chi connectivity index (χ2v) is 23.5. The molecular formula is C50H63N5O9Si. The quantitative estimate of drug-likeness (QED) is 0.0491. The molecule has 14 nitrogen and oxygen atoms in total. The van der Waals surface area contributed by atoms with Gasteiger partial charge in [-0.3, -0.25) is 24.0 Å². The minimum Gasteiger partial charge on any atom is -0.460 e. The number of esters is 1. The monoisotopic (exact) mass is 905 g/mol. The summed E-state index contributed by atoms with van der Waals surface area (Å²) >= 11 is 0. The lowest BCUT2D eigenvalue weighted by atomic mass is 9.98. The molecule has 65 heavy (non-hydrogen) atoms. The van der Waals surface area contributed by atoms with Gasteiger partial charge in [-0.25, -0.2) is 4.79 Å². The van der Waals surface area contributed by atoms with E-state index in [0.717, 1.165) is 38.9 Å². The van der Waals surface area contributed by atoms with Crippen LogP contribution in [-0.2, 0) is 57.3 Å². The number of benzene rings is 4. The molecule has 0 radical (unpaired) electrons. The summed E-state index contributed by atoms with van der Waals surface area (Å²) in [6, 6.07) is 29.3. The first kappa shape index (κ1) is 49.7. The minimum atomic E-state index is -2.10. The summed E-state index contributed by atoms with van der Waals surface area (Å²) in [6.45, 7) is 15.4. The normalized spacial score (nSPS) is 12.8. The van der Waals surface area contributed by atoms with Crippen molar-refractivity contribution in [2.45, 2.75) is 103 Å². The lowest BCUT2D eigenvalue weighted by Gasteiger charge is -2.36. The predicted molar refractivity (Wildman–Crippen MR) is 252 cm³/mol. The highest BCUT2D eigenvalue weighted by Gasteiger charge is 2.37. The Morgan fingerprint density at radius 1 is 0.677 bits per heavy atom. The average Bonchev–Trinajstić information content (AvgIpc) is 3.57. The summed E-state index contributed by atoms with van der Waals surface area (Å²) in [5.74, 6) is -2.91. The van der Waals surface area contributed by atoms with Crippen molar-refractivity contribution >= 4 is 49.7 Å². The number of nitrogens with one attached hydrogen (secondary N) is 5. The number of rotatable bonds is 19. The van der Waals surface area contributed by atoms with Crippen molar-refractivity contribution in [3.8, 4) is 11.1 Å². The van der Waals surface area contributed by atoms with Crippen LogP contribution >= 0.6 is 0 Å². The number of carbonyl (C=O) groups is 6. The van der Waals surface area contributed by atoms with Crippen molar-refractivity contribution in [3.05, 3.63) is 125 Å². The molecule has 0 heterocycles. The molecule has 0 unspecified atom stereocenters. The van der Waals surface area contributed by atoms with Gasteiger partial charge < -0.3 is 40.5 Å². The molecule has 0 saturated carbocycles. The summed E-state index contributed by atoms with van der Waals surface area (Å²) in [5, 5.41) is 13.0. The first-order valence-corrected chi connectivity index (χ1v) is 24.8. The van der Waals surface area contributed by atoms with Crippen LogP contribution in [0.2, 0.25) is 18.1 Å². The molecule has 1 aliphatic carbocycles. The summed E-state index contributed by atoms with van der Waals surface area (Å²) in [5.41, 5.74) is 6.61. The van der Waals surface area contributed by atoms with E-state index in [1.54, 1.807) is 36.4 Å². The molecule has 0 bridgehead atoms. The zero-order valence-corrected chi connectivity index (χ0v) is 39.7. The van der Waals surface area contributed by atoms with Crippen molar-refractivity contribution in [1.29, 1.82) is 0 Å². The van der Waals surface area contributed by atoms with Gasteiger partial charge >= 0.3 is 12.1 Å². The van der Waals surface area contributed by atoms with E-state index in [0.29, 0.717) is 18.7 Å². The van der Waals surface area contributed by atoms with Gasteiger partial charge in [-0.15, -0.1) is 0 Å². The Balaban J connectivity index is 1.12. The van der Waals surface area contributed by atoms with E-state index in [1.165, 1.54) is 0 Å². The number of carbonyl (C=O) groups excluding carboxylic acids is 6. The number of hydrogen-bond donors (Lipinski definition) is 5. The third-order valence-corrected chi connectivity index (χ3v) is 15.9. The van der Waals surface area contributed by atoms with Crippen LogP contribution in [0.1, 0.15) is 81.7 Å². The SMILES string of the molecule is CC(C)(C)OC(=O)CCc1cc(NC(=O)CNC(=O)[C@H](Cc2ccccc2)NC(=O)CNC(=O)CNC(=O)OCC2c3ccccc3-c3ccccc32)ccc1CO[Si](C)(C)C(C)(C)C. The number of aryl methyl sites for hydroxylation is 1. The Bertz CT molecular complexity index is 2290. The van der Waals surface area contributed by atoms with Gasteiger partial charge in [0.05, 0.1) is 19.7 Å². The largest absolute Gasteiger partial charge is 0.460 e. The first-order chi connectivity index (χ1) is 30.7. The molecule has 0 fully saturated rings. The number of alkyl carbamates (subject to hydrolysis) is 1. The molecular weight excluding hydrogens is 843 g/mol. The zero-order valence-electron chi connectivity index (χ0n) is 38.7. The fourth-order valence-corrected chi connectivity index (χ4v) is 7.97. The van der Waals surface area contributed by atoms with Crippen molar-refractivity contribution in [3.63, 3.8) is 0 Å². The van der Waals surface area contributed by atoms with Crippen LogP contribution in [-0.4, -0.2) is 81.9 Å². The maximum atomic E-state index is 13.5. The number of hydrogen-bond acceptors (Lipinski definition) is 9. The molecule has 15 heteroatoms. The summed E-state index contributed by atoms with van der Waals surface area (Å²) < 4.78 is 17.5. The lowest BCUT2D eigenvalue weighted by molar-refractivity contribution is -0.154. The highest BCUT2D eigenvalue weighted by atomic mass is 28.4. The van der Waals surface area contributed by atoms with E-state index in [4.69, 9.17) is 13.9 Å². The van der Waals surface area contributed by atoms with E-state index in [2.05, 4.69) is 60.4 Å². The van der Waals surface area contributed by atoms with Crippen LogP contribution in [0.3, 0.4) is 0 Å². The maximum Gasteiger partial charge on any atom is 0.407 e. The first-order valence-electron chi connectivity index (χ1n) is 21.9. The van der Waals surface area contributed by atoms with Gasteiger partial charge in [0.2, 0.25) is 23.6 Å². The fraction of sp³-hybridized carbons (Fsp3) is 0.400. The Kier molecular flexibility index (Phi) is 16.9. The number of fused-ring (bicyclic) bond motifs is 3. The minimum absolute atomic E-state index is 0.00399. The van der Waals surface area contributed by atoms with Crippen LogP contribution in [0, 0.1) is 0 Å². The lowest BCUT2D eigenvalue weighted by Crippen LogP contribution is -2.52. The third kappa shape index (κ3) is 14.9. The van der Waals surface area contributed by atoms with Crippen molar-refractivity contribution in [2.75, 3.05) is 31.6 Å². The van der Waals surface area contributed by atoms with E-state index in [9.17, 15) is 28.8 Å². The summed E-state index contributed by atoms with van der Waals surface area (Å²) in [7, 11) is -2.10. The highest BCUT2D eigenvalue weighted by molar-refractivity contribution is 6.74. The highest BCUT2D eigenvalue weighted by Crippen LogP contribution is 2.44. The second-order valence-electron chi connectivity index (χ2n) is 18.7. The van der Waals surface area contributed by atoms with Crippen molar-refractivity contribution in [1.82, 2.24) is 21.3 Å². The molecule has 4 aromatic carbocycles. The maximum absolute atomic E-state index is 13.5. The van der Waals surface area contributed by atoms with Crippen molar-refractivity contribution in [2.24, 2.45) is 0 Å². The van der Waals surface area contributed by atoms with Gasteiger partial charge in [0, 0.05) is 24.4 Å². The topological polar surface area (TPSA) is 190 Å². The van der Waals surface area contributed by atoms with Gasteiger partial charge in [-0.1, -0.05) is 106 Å². The van der Waals surface area contributed by atoms with Gasteiger partial charge in [0.1, 0.15) is 24.8 Å². The number of amides is 5. The molecule has 5 N–H and O–H groups in total. The Morgan fingerprint density at radius 2 is 1.28 bits per heavy atom. The summed E-state index contributed by atoms with van der Waals surface area (Å²) in [4.78, 5) is 77.6. The van der Waals surface area contributed by atoms with Crippen LogP contribution in [0.5, 0.6) is 0 Å². The number of anilines is 1. The van der Waals surface area contributed by atoms with E-state index in [1.807, 2.05) is 81.4 Å². The van der Waals surface area contributed by atoms with Crippen LogP contribution < -0.4 is 26.6 Å². The smallest absolute Gasteiger partial charge is 0.407 e. The van der Waals surface area contributed by atoms with Gasteiger partial charge in [0.15, 0.2) is 8.32 Å². The van der Waals surface area contributed by atoms with E-state index >= 15 is 0 Å². The summed E-state index contributed by atoms with van der Waals surface area (Å²) in [6.07, 6.45) is -0.176. The molecule has 0 spiro atoms. The van der Waals surface area contributed by atoms with Crippen LogP contribution in [0.25, 0.3) is 11.1 Å². The molecule has 5 amide bonds. The average molecular weight is 906 g/mol. The number of ether oxygens (including phenoxy) is 2. The predicted octanol–water partition coefficient (Wildman–Crippen LogP) is 6.92. The molecule has 0 saturated heterocycles. The Hall–Kier alpha value is -6.32. The molecule has 0 aliphatic heterocycles. The van der Waals surface area contributed by atoms with Gasteiger partial charge in [-0.2, -0.15) is 0 Å². The van der Waals surface area contributed by atoms with Crippen LogP contribution in [0.4, 0.5) is 10.5 Å². The van der Waals surface area contributed by atoms with Crippen molar-refractivity contribution < 1.29 is 42.7 Å². The molecule has 346 valence electrons. The fourth-order valence-electron chi connectivity index (χ4n) is 7.02. The second kappa shape index (κ2) is 22.0. The molecule has 1 atom stereocenters. The Morgan fingerprint density at radius 3 is 1.91 bits per heavy atom. The third-order valence-electron chi connectivity index (χ3n) is 11.4. The molecule has 4 aromatic rings. The molecule has 0 aromatic heterocycles. The van der Waals surface area contributed by atoms with E-state index in [-0.39, 0.29) is 36.4 Å². The zero-order chi connectivity index (χ0) is 47.4. The van der Waals surface area contributed by atoms with Gasteiger partial charge in [0.25, 0.3) is 0 Å². The van der Waals surface area contributed by atoms with E-state index < -0.39 is 69.3 Å². The van der Waals surface area contributed by atoms with Crippen LogP contribution in [0.15, 0.2) is 97.1 Å². The Labute approximate surface area is 383 Å². The molecule has 5 rings (SSSR count).